The second-order valence-corrected chi connectivity index (χ2v) is 4.02. The molecule has 0 radical (unpaired) electrons. The van der Waals surface area contributed by atoms with Crippen LogP contribution in [0.5, 0.6) is 0 Å². The molecule has 0 amide bonds. The van der Waals surface area contributed by atoms with Gasteiger partial charge in [0, 0.05) is 38.9 Å². The lowest BCUT2D eigenvalue weighted by Gasteiger charge is -2.05. The third kappa shape index (κ3) is 3.31. The Hall–Kier alpha value is -1.33. The molecule has 1 N–H and O–H groups in total. The van der Waals surface area contributed by atoms with Gasteiger partial charge in [-0.1, -0.05) is 0 Å². The molecule has 2 heterocycles. The molecule has 0 spiro atoms. The zero-order valence-corrected chi connectivity index (χ0v) is 11.2. The van der Waals surface area contributed by atoms with Crippen molar-refractivity contribution < 1.29 is 0 Å². The highest BCUT2D eigenvalue weighted by Crippen LogP contribution is 2.05. The first kappa shape index (κ1) is 13.7. The highest BCUT2D eigenvalue weighted by molar-refractivity contribution is 5.85. The number of halogens is 1. The molecule has 0 saturated carbocycles. The van der Waals surface area contributed by atoms with Crippen LogP contribution >= 0.6 is 12.4 Å². The number of aryl methyl sites for hydroxylation is 3. The first-order valence-corrected chi connectivity index (χ1v) is 5.32. The summed E-state index contributed by atoms with van der Waals surface area (Å²) in [5.41, 5.74) is 3.65. The zero-order valence-electron chi connectivity index (χ0n) is 10.3. The maximum absolute atomic E-state index is 4.21. The number of rotatable bonds is 4. The van der Waals surface area contributed by atoms with E-state index in [-0.39, 0.29) is 12.4 Å². The van der Waals surface area contributed by atoms with Crippen LogP contribution in [0.4, 0.5) is 0 Å². The van der Waals surface area contributed by atoms with Crippen molar-refractivity contribution in [3.63, 3.8) is 0 Å². The van der Waals surface area contributed by atoms with Crippen molar-refractivity contribution in [3.05, 3.63) is 35.4 Å². The molecule has 0 aliphatic carbocycles. The van der Waals surface area contributed by atoms with E-state index in [9.17, 15) is 0 Å². The van der Waals surface area contributed by atoms with Crippen molar-refractivity contribution in [2.45, 2.75) is 20.0 Å². The number of nitrogens with zero attached hydrogens (tertiary/aromatic N) is 4. The van der Waals surface area contributed by atoms with Crippen LogP contribution in [0.2, 0.25) is 0 Å². The summed E-state index contributed by atoms with van der Waals surface area (Å²) < 4.78 is 3.72. The van der Waals surface area contributed by atoms with Gasteiger partial charge in [-0.15, -0.1) is 12.4 Å². The average molecular weight is 256 g/mol. The molecule has 0 aromatic carbocycles. The molecular formula is C11H18ClN5. The molecule has 0 atom stereocenters. The molecule has 0 unspecified atom stereocenters. The quantitative estimate of drug-likeness (QED) is 0.892. The summed E-state index contributed by atoms with van der Waals surface area (Å²) >= 11 is 0. The topological polar surface area (TPSA) is 47.7 Å². The third-order valence-electron chi connectivity index (χ3n) is 2.65. The molecule has 94 valence electrons. The van der Waals surface area contributed by atoms with Gasteiger partial charge in [0.1, 0.15) is 0 Å². The molecule has 6 heteroatoms. The Morgan fingerprint density at radius 3 is 2.47 bits per heavy atom. The van der Waals surface area contributed by atoms with E-state index in [0.717, 1.165) is 13.1 Å². The van der Waals surface area contributed by atoms with Gasteiger partial charge in [0.05, 0.1) is 18.1 Å². The van der Waals surface area contributed by atoms with Gasteiger partial charge in [-0.2, -0.15) is 10.2 Å². The maximum atomic E-state index is 4.21. The lowest BCUT2D eigenvalue weighted by Crippen LogP contribution is -2.15. The third-order valence-corrected chi connectivity index (χ3v) is 2.65. The summed E-state index contributed by atoms with van der Waals surface area (Å²) in [6.07, 6.45) is 5.79. The monoisotopic (exact) mass is 255 g/mol. The predicted molar refractivity (Wildman–Crippen MR) is 68.9 cm³/mol. The van der Waals surface area contributed by atoms with Gasteiger partial charge in [0.15, 0.2) is 0 Å². The summed E-state index contributed by atoms with van der Waals surface area (Å²) in [4.78, 5) is 0. The maximum Gasteiger partial charge on any atom is 0.0547 e. The molecule has 0 aliphatic heterocycles. The summed E-state index contributed by atoms with van der Waals surface area (Å²) in [6.45, 7) is 3.74. The zero-order chi connectivity index (χ0) is 11.5. The lowest BCUT2D eigenvalue weighted by atomic mass is 10.2. The minimum absolute atomic E-state index is 0. The van der Waals surface area contributed by atoms with Crippen molar-refractivity contribution in [1.82, 2.24) is 24.9 Å². The first-order valence-electron chi connectivity index (χ1n) is 5.32. The van der Waals surface area contributed by atoms with E-state index in [1.54, 1.807) is 0 Å². The van der Waals surface area contributed by atoms with Gasteiger partial charge in [0.2, 0.25) is 0 Å². The Morgan fingerprint density at radius 2 is 1.94 bits per heavy atom. The molecule has 0 fully saturated rings. The predicted octanol–water partition coefficient (Wildman–Crippen LogP) is 1.17. The summed E-state index contributed by atoms with van der Waals surface area (Å²) in [6, 6.07) is 0. The molecule has 0 bridgehead atoms. The Morgan fingerprint density at radius 1 is 1.18 bits per heavy atom. The van der Waals surface area contributed by atoms with E-state index >= 15 is 0 Å². The van der Waals surface area contributed by atoms with Crippen LogP contribution in [-0.4, -0.2) is 19.6 Å². The molecule has 0 saturated heterocycles. The lowest BCUT2D eigenvalue weighted by molar-refractivity contribution is 0.623. The summed E-state index contributed by atoms with van der Waals surface area (Å²) in [5, 5.41) is 11.7. The van der Waals surface area contributed by atoms with Crippen molar-refractivity contribution in [2.75, 3.05) is 0 Å². The second kappa shape index (κ2) is 5.84. The Kier molecular flexibility index (Phi) is 4.72. The van der Waals surface area contributed by atoms with Crippen LogP contribution < -0.4 is 5.32 Å². The van der Waals surface area contributed by atoms with Crippen molar-refractivity contribution in [3.8, 4) is 0 Å². The minimum Gasteiger partial charge on any atom is -0.307 e. The first-order chi connectivity index (χ1) is 7.66. The normalized spacial score (nSPS) is 10.3. The summed E-state index contributed by atoms with van der Waals surface area (Å²) in [5.74, 6) is 0. The summed E-state index contributed by atoms with van der Waals surface area (Å²) in [7, 11) is 3.89. The molecule has 2 rings (SSSR count). The van der Waals surface area contributed by atoms with E-state index in [2.05, 4.69) is 22.4 Å². The van der Waals surface area contributed by atoms with E-state index in [4.69, 9.17) is 0 Å². The molecule has 2 aromatic rings. The van der Waals surface area contributed by atoms with Crippen LogP contribution in [0.25, 0.3) is 0 Å². The fraction of sp³-hybridized carbons (Fsp3) is 0.455. The van der Waals surface area contributed by atoms with Gasteiger partial charge in [0.25, 0.3) is 0 Å². The van der Waals surface area contributed by atoms with E-state index in [0.29, 0.717) is 0 Å². The van der Waals surface area contributed by atoms with Gasteiger partial charge in [-0.25, -0.2) is 0 Å². The Balaban J connectivity index is 0.00000144. The van der Waals surface area contributed by atoms with Crippen LogP contribution in [-0.2, 0) is 27.2 Å². The molecule has 0 aliphatic rings. The van der Waals surface area contributed by atoms with E-state index < -0.39 is 0 Å². The highest BCUT2D eigenvalue weighted by atomic mass is 35.5. The largest absolute Gasteiger partial charge is 0.307 e. The molecule has 5 nitrogen and oxygen atoms in total. The van der Waals surface area contributed by atoms with Gasteiger partial charge < -0.3 is 5.32 Å². The Labute approximate surface area is 107 Å². The number of nitrogens with one attached hydrogen (secondary N) is 1. The average Bonchev–Trinajstić information content (AvgIpc) is 2.78. The standard InChI is InChI=1S/C11H17N5.ClH/c1-9-4-14-16(3)11(9)7-12-5-10-6-13-15(2)8-10;/h4,6,8,12H,5,7H2,1-3H3;1H. The number of hydrogen-bond acceptors (Lipinski definition) is 3. The highest BCUT2D eigenvalue weighted by Gasteiger charge is 2.03. The number of hydrogen-bond donors (Lipinski definition) is 1. The molecular weight excluding hydrogens is 238 g/mol. The van der Waals surface area contributed by atoms with Crippen LogP contribution in [0.1, 0.15) is 16.8 Å². The van der Waals surface area contributed by atoms with Crippen LogP contribution in [0, 0.1) is 6.92 Å². The van der Waals surface area contributed by atoms with Crippen molar-refractivity contribution in [1.29, 1.82) is 0 Å². The SMILES string of the molecule is Cc1cnn(C)c1CNCc1cnn(C)c1.Cl. The molecule has 2 aromatic heterocycles. The number of aromatic nitrogens is 4. The van der Waals surface area contributed by atoms with Crippen LogP contribution in [0.3, 0.4) is 0 Å². The van der Waals surface area contributed by atoms with E-state index in [1.807, 2.05) is 42.0 Å². The van der Waals surface area contributed by atoms with Crippen molar-refractivity contribution >= 4 is 12.4 Å². The smallest absolute Gasteiger partial charge is 0.0547 e. The molecule has 17 heavy (non-hydrogen) atoms. The minimum atomic E-state index is 0. The van der Waals surface area contributed by atoms with E-state index in [1.165, 1.54) is 16.8 Å². The second-order valence-electron chi connectivity index (χ2n) is 4.02. The fourth-order valence-electron chi connectivity index (χ4n) is 1.71. The van der Waals surface area contributed by atoms with Gasteiger partial charge >= 0.3 is 0 Å². The van der Waals surface area contributed by atoms with Gasteiger partial charge in [-0.3, -0.25) is 9.36 Å². The van der Waals surface area contributed by atoms with Crippen molar-refractivity contribution in [2.24, 2.45) is 14.1 Å². The Bertz CT molecular complexity index is 454. The van der Waals surface area contributed by atoms with Gasteiger partial charge in [-0.05, 0) is 12.5 Å². The fourth-order valence-corrected chi connectivity index (χ4v) is 1.71. The van der Waals surface area contributed by atoms with Crippen LogP contribution in [0.15, 0.2) is 18.6 Å².